The number of hydrogen-bond acceptors (Lipinski definition) is 3. The molecule has 3 aromatic carbocycles. The van der Waals surface area contributed by atoms with Crippen molar-refractivity contribution in [2.75, 3.05) is 17.2 Å². The number of anilines is 2. The molecule has 2 N–H and O–H groups in total. The number of nitrogens with one attached hydrogen (secondary N) is 2. The second-order valence-electron chi connectivity index (χ2n) is 7.17. The topological polar surface area (TPSA) is 50.4 Å². The van der Waals surface area contributed by atoms with Crippen LogP contribution in [-0.2, 0) is 11.3 Å². The van der Waals surface area contributed by atoms with Gasteiger partial charge in [-0.3, -0.25) is 4.79 Å². The van der Waals surface area contributed by atoms with Crippen molar-refractivity contribution in [1.82, 2.24) is 0 Å². The van der Waals surface area contributed by atoms with Crippen LogP contribution in [0.3, 0.4) is 0 Å². The molecule has 0 aliphatic heterocycles. The summed E-state index contributed by atoms with van der Waals surface area (Å²) in [7, 11) is 0. The predicted octanol–water partition coefficient (Wildman–Crippen LogP) is 6.55. The minimum absolute atomic E-state index is 0.148. The van der Waals surface area contributed by atoms with Crippen molar-refractivity contribution in [3.8, 4) is 5.75 Å². The lowest BCUT2D eigenvalue weighted by molar-refractivity contribution is -0.118. The normalized spacial score (nSPS) is 10.6. The van der Waals surface area contributed by atoms with Gasteiger partial charge in [-0.05, 0) is 73.4 Å². The van der Waals surface area contributed by atoms with Crippen LogP contribution in [0.25, 0.3) is 0 Å². The van der Waals surface area contributed by atoms with Gasteiger partial charge in [0.2, 0.25) is 0 Å². The van der Waals surface area contributed by atoms with Crippen molar-refractivity contribution in [1.29, 1.82) is 0 Å². The Balaban J connectivity index is 1.55. The number of benzene rings is 3. The molecule has 0 aliphatic rings. The summed E-state index contributed by atoms with van der Waals surface area (Å²) >= 11 is 12.4. The molecule has 3 rings (SSSR count). The van der Waals surface area contributed by atoms with Gasteiger partial charge in [0.05, 0.1) is 5.02 Å². The molecule has 0 bridgehead atoms. The molecule has 0 fully saturated rings. The Kier molecular flexibility index (Phi) is 7.24. The fourth-order valence-electron chi connectivity index (χ4n) is 2.92. The summed E-state index contributed by atoms with van der Waals surface area (Å²) in [5.74, 6) is 0.177. The number of halogens is 2. The molecule has 0 heterocycles. The van der Waals surface area contributed by atoms with E-state index < -0.39 is 0 Å². The van der Waals surface area contributed by atoms with Crippen molar-refractivity contribution in [3.63, 3.8) is 0 Å². The molecule has 4 nitrogen and oxygen atoms in total. The lowest BCUT2D eigenvalue weighted by Gasteiger charge is -2.13. The highest BCUT2D eigenvalue weighted by molar-refractivity contribution is 6.32. The number of ether oxygens (including phenoxy) is 1. The van der Waals surface area contributed by atoms with Crippen LogP contribution in [0.2, 0.25) is 10.0 Å². The maximum atomic E-state index is 12.1. The fraction of sp³-hybridized carbons (Fsp3) is 0.208. The van der Waals surface area contributed by atoms with Crippen LogP contribution < -0.4 is 15.4 Å². The Morgan fingerprint density at radius 2 is 1.73 bits per heavy atom. The number of carbonyl (C=O) groups is 1. The number of hydrogen-bond donors (Lipinski definition) is 2. The third-order valence-electron chi connectivity index (χ3n) is 4.90. The summed E-state index contributed by atoms with van der Waals surface area (Å²) in [4.78, 5) is 12.1. The van der Waals surface area contributed by atoms with Gasteiger partial charge < -0.3 is 15.4 Å². The molecule has 0 saturated carbocycles. The molecule has 156 valence electrons. The standard InChI is InChI=1S/C24H24Cl2N2O2/c1-15-5-4-6-22(17(15)3)27-13-18-8-10-23(21(26)11-18)30-14-24(29)28-19-9-7-16(2)20(25)12-19/h4-12,27H,13-14H2,1-3H3,(H,28,29). The van der Waals surface area contributed by atoms with Crippen molar-refractivity contribution >= 4 is 40.5 Å². The van der Waals surface area contributed by atoms with E-state index in [-0.39, 0.29) is 12.5 Å². The van der Waals surface area contributed by atoms with Gasteiger partial charge in [-0.25, -0.2) is 0 Å². The number of amides is 1. The largest absolute Gasteiger partial charge is 0.482 e. The van der Waals surface area contributed by atoms with E-state index in [0.29, 0.717) is 28.0 Å². The zero-order chi connectivity index (χ0) is 21.7. The Hall–Kier alpha value is -2.69. The van der Waals surface area contributed by atoms with E-state index >= 15 is 0 Å². The molecule has 0 unspecified atom stereocenters. The van der Waals surface area contributed by atoms with Crippen LogP contribution in [0.5, 0.6) is 5.75 Å². The summed E-state index contributed by atoms with van der Waals surface area (Å²) in [5.41, 5.74) is 6.16. The SMILES string of the molecule is Cc1ccc(NC(=O)COc2ccc(CNc3cccc(C)c3C)cc2Cl)cc1Cl. The zero-order valence-corrected chi connectivity index (χ0v) is 18.7. The highest BCUT2D eigenvalue weighted by atomic mass is 35.5. The summed E-state index contributed by atoms with van der Waals surface area (Å²) in [6, 6.07) is 17.1. The molecule has 30 heavy (non-hydrogen) atoms. The molecule has 3 aromatic rings. The Labute approximate surface area is 187 Å². The molecular formula is C24H24Cl2N2O2. The van der Waals surface area contributed by atoms with Gasteiger partial charge in [0.25, 0.3) is 5.91 Å². The highest BCUT2D eigenvalue weighted by Gasteiger charge is 2.09. The van der Waals surface area contributed by atoms with E-state index in [1.165, 1.54) is 11.1 Å². The van der Waals surface area contributed by atoms with Crippen LogP contribution in [0.1, 0.15) is 22.3 Å². The Morgan fingerprint density at radius 3 is 2.47 bits per heavy atom. The first-order valence-electron chi connectivity index (χ1n) is 9.61. The second-order valence-corrected chi connectivity index (χ2v) is 7.98. The van der Waals surface area contributed by atoms with Crippen molar-refractivity contribution in [2.24, 2.45) is 0 Å². The van der Waals surface area contributed by atoms with Gasteiger partial charge in [-0.15, -0.1) is 0 Å². The van der Waals surface area contributed by atoms with Crippen molar-refractivity contribution in [3.05, 3.63) is 86.9 Å². The van der Waals surface area contributed by atoms with Crippen LogP contribution in [0, 0.1) is 20.8 Å². The maximum absolute atomic E-state index is 12.1. The Bertz CT molecular complexity index is 1070. The fourth-order valence-corrected chi connectivity index (χ4v) is 3.36. The summed E-state index contributed by atoms with van der Waals surface area (Å²) in [6.45, 7) is 6.58. The van der Waals surface area contributed by atoms with Crippen molar-refractivity contribution in [2.45, 2.75) is 27.3 Å². The average Bonchev–Trinajstić information content (AvgIpc) is 2.71. The second kappa shape index (κ2) is 9.88. The molecule has 6 heteroatoms. The lowest BCUT2D eigenvalue weighted by atomic mass is 10.1. The van der Waals surface area contributed by atoms with Gasteiger partial charge in [0.1, 0.15) is 5.75 Å². The van der Waals surface area contributed by atoms with Crippen LogP contribution in [-0.4, -0.2) is 12.5 Å². The molecular weight excluding hydrogens is 419 g/mol. The highest BCUT2D eigenvalue weighted by Crippen LogP contribution is 2.27. The third kappa shape index (κ3) is 5.68. The third-order valence-corrected chi connectivity index (χ3v) is 5.60. The Morgan fingerprint density at radius 1 is 0.933 bits per heavy atom. The maximum Gasteiger partial charge on any atom is 0.262 e. The molecule has 0 saturated heterocycles. The number of carbonyl (C=O) groups excluding carboxylic acids is 1. The molecule has 0 atom stereocenters. The van der Waals surface area contributed by atoms with Gasteiger partial charge in [0.15, 0.2) is 6.61 Å². The summed E-state index contributed by atoms with van der Waals surface area (Å²) in [5, 5.41) is 7.24. The van der Waals surface area contributed by atoms with E-state index in [9.17, 15) is 4.79 Å². The molecule has 1 amide bonds. The first-order chi connectivity index (χ1) is 14.3. The van der Waals surface area contributed by atoms with E-state index in [4.69, 9.17) is 27.9 Å². The molecule has 0 spiro atoms. The van der Waals surface area contributed by atoms with Crippen LogP contribution >= 0.6 is 23.2 Å². The van der Waals surface area contributed by atoms with Crippen molar-refractivity contribution < 1.29 is 9.53 Å². The molecule has 0 radical (unpaired) electrons. The predicted molar refractivity (Wildman–Crippen MR) is 125 cm³/mol. The molecule has 0 aliphatic carbocycles. The minimum atomic E-state index is -0.286. The van der Waals surface area contributed by atoms with E-state index in [0.717, 1.165) is 16.8 Å². The lowest BCUT2D eigenvalue weighted by Crippen LogP contribution is -2.20. The molecule has 0 aromatic heterocycles. The smallest absolute Gasteiger partial charge is 0.262 e. The van der Waals surface area contributed by atoms with Crippen LogP contribution in [0.15, 0.2) is 54.6 Å². The average molecular weight is 443 g/mol. The minimum Gasteiger partial charge on any atom is -0.482 e. The van der Waals surface area contributed by atoms with E-state index in [1.807, 2.05) is 31.2 Å². The quantitative estimate of drug-likeness (QED) is 0.436. The zero-order valence-electron chi connectivity index (χ0n) is 17.2. The summed E-state index contributed by atoms with van der Waals surface area (Å²) < 4.78 is 5.58. The first kappa shape index (κ1) is 22.0. The van der Waals surface area contributed by atoms with Gasteiger partial charge in [-0.2, -0.15) is 0 Å². The summed E-state index contributed by atoms with van der Waals surface area (Å²) in [6.07, 6.45) is 0. The number of aryl methyl sites for hydroxylation is 2. The first-order valence-corrected chi connectivity index (χ1v) is 10.4. The van der Waals surface area contributed by atoms with Gasteiger partial charge in [0, 0.05) is 22.9 Å². The number of rotatable bonds is 7. The van der Waals surface area contributed by atoms with Gasteiger partial charge in [-0.1, -0.05) is 47.5 Å². The van der Waals surface area contributed by atoms with E-state index in [1.54, 1.807) is 18.2 Å². The van der Waals surface area contributed by atoms with E-state index in [2.05, 4.69) is 36.6 Å². The van der Waals surface area contributed by atoms with Gasteiger partial charge >= 0.3 is 0 Å². The monoisotopic (exact) mass is 442 g/mol. The van der Waals surface area contributed by atoms with Crippen LogP contribution in [0.4, 0.5) is 11.4 Å².